The van der Waals surface area contributed by atoms with Gasteiger partial charge >= 0.3 is 0 Å². The molecule has 2 heteroatoms. The van der Waals surface area contributed by atoms with Gasteiger partial charge in [0.2, 0.25) is 0 Å². The van der Waals surface area contributed by atoms with Gasteiger partial charge in [-0.15, -0.1) is 0 Å². The van der Waals surface area contributed by atoms with E-state index in [1.165, 1.54) is 0 Å². The van der Waals surface area contributed by atoms with Gasteiger partial charge in [-0.2, -0.15) is 0 Å². The molecule has 0 saturated heterocycles. The van der Waals surface area contributed by atoms with Gasteiger partial charge in [-0.1, -0.05) is 48.5 Å². The van der Waals surface area contributed by atoms with Crippen LogP contribution in [-0.2, 0) is 4.74 Å². The van der Waals surface area contributed by atoms with Crippen molar-refractivity contribution < 1.29 is 4.74 Å². The van der Waals surface area contributed by atoms with Gasteiger partial charge in [-0.05, 0) is 11.6 Å². The lowest BCUT2D eigenvalue weighted by Gasteiger charge is -2.10. The maximum Gasteiger partial charge on any atom is 0.0909 e. The molecule has 0 amide bonds. The molecule has 86 valence electrons. The largest absolute Gasteiger partial charge is 0.504 e. The molecule has 0 heterocycles. The minimum atomic E-state index is 0.750. The molecule has 0 fully saturated rings. The molecule has 0 radical (unpaired) electrons. The van der Waals surface area contributed by atoms with Gasteiger partial charge < -0.3 is 10.5 Å². The highest BCUT2D eigenvalue weighted by atomic mass is 16.5. The van der Waals surface area contributed by atoms with Crippen LogP contribution in [-0.4, -0.2) is 7.11 Å². The summed E-state index contributed by atoms with van der Waals surface area (Å²) in [6.07, 6.45) is 1.72. The molecule has 17 heavy (non-hydrogen) atoms. The minimum absolute atomic E-state index is 0.750. The molecule has 0 aliphatic rings. The molecule has 0 aromatic heterocycles. The summed E-state index contributed by atoms with van der Waals surface area (Å²) in [5.41, 5.74) is 9.81. The van der Waals surface area contributed by atoms with Crippen LogP contribution in [0.2, 0.25) is 0 Å². The zero-order valence-electron chi connectivity index (χ0n) is 9.76. The summed E-state index contributed by atoms with van der Waals surface area (Å²) >= 11 is 0. The van der Waals surface area contributed by atoms with Crippen molar-refractivity contribution in [1.29, 1.82) is 0 Å². The highest BCUT2D eigenvalue weighted by Crippen LogP contribution is 2.27. The van der Waals surface area contributed by atoms with Crippen LogP contribution in [0.25, 0.3) is 5.57 Å². The van der Waals surface area contributed by atoms with Crippen LogP contribution in [0, 0.1) is 0 Å². The predicted molar refractivity (Wildman–Crippen MR) is 71.4 cm³/mol. The van der Waals surface area contributed by atoms with Gasteiger partial charge in [-0.25, -0.2) is 0 Å². The Hall–Kier alpha value is -2.22. The first-order chi connectivity index (χ1) is 8.33. The van der Waals surface area contributed by atoms with Crippen molar-refractivity contribution >= 4 is 11.3 Å². The quantitative estimate of drug-likeness (QED) is 0.642. The monoisotopic (exact) mass is 225 g/mol. The third-order valence-electron chi connectivity index (χ3n) is 2.57. The molecule has 0 atom stereocenters. The molecular formula is C15H15NO. The predicted octanol–water partition coefficient (Wildman–Crippen LogP) is 3.30. The van der Waals surface area contributed by atoms with E-state index in [1.807, 2.05) is 54.6 Å². The molecule has 2 aromatic rings. The molecule has 2 aromatic carbocycles. The van der Waals surface area contributed by atoms with E-state index in [9.17, 15) is 0 Å². The average molecular weight is 225 g/mol. The summed E-state index contributed by atoms with van der Waals surface area (Å²) in [4.78, 5) is 0. The minimum Gasteiger partial charge on any atom is -0.504 e. The van der Waals surface area contributed by atoms with Crippen molar-refractivity contribution in [3.63, 3.8) is 0 Å². The van der Waals surface area contributed by atoms with Crippen molar-refractivity contribution in [1.82, 2.24) is 0 Å². The van der Waals surface area contributed by atoms with Crippen LogP contribution < -0.4 is 5.73 Å². The summed E-state index contributed by atoms with van der Waals surface area (Å²) < 4.78 is 5.15. The second-order valence-electron chi connectivity index (χ2n) is 3.72. The number of methoxy groups -OCH3 is 1. The number of rotatable bonds is 3. The number of nitrogen functional groups attached to an aromatic ring is 1. The van der Waals surface area contributed by atoms with E-state index in [0.29, 0.717) is 0 Å². The number of para-hydroxylation sites is 1. The van der Waals surface area contributed by atoms with Crippen molar-refractivity contribution in [2.24, 2.45) is 0 Å². The van der Waals surface area contributed by atoms with Crippen LogP contribution in [0.5, 0.6) is 0 Å². The molecule has 0 spiro atoms. The van der Waals surface area contributed by atoms with E-state index < -0.39 is 0 Å². The van der Waals surface area contributed by atoms with Crippen LogP contribution in [0.1, 0.15) is 11.1 Å². The first-order valence-electron chi connectivity index (χ1n) is 5.46. The Kier molecular flexibility index (Phi) is 3.46. The Morgan fingerprint density at radius 3 is 2.29 bits per heavy atom. The maximum absolute atomic E-state index is 5.99. The fourth-order valence-electron chi connectivity index (χ4n) is 1.76. The van der Waals surface area contributed by atoms with Crippen molar-refractivity contribution in [2.45, 2.75) is 0 Å². The van der Waals surface area contributed by atoms with E-state index in [1.54, 1.807) is 13.4 Å². The Morgan fingerprint density at radius 1 is 1.00 bits per heavy atom. The lowest BCUT2D eigenvalue weighted by molar-refractivity contribution is 0.340. The Bertz CT molecular complexity index is 517. The third-order valence-corrected chi connectivity index (χ3v) is 2.57. The van der Waals surface area contributed by atoms with Crippen molar-refractivity contribution in [2.75, 3.05) is 12.8 Å². The standard InChI is InChI=1S/C15H15NO/c1-17-11-14(12-7-3-2-4-8-12)13-9-5-6-10-15(13)16/h2-11H,16H2,1H3. The SMILES string of the molecule is COC=C(c1ccccc1)c1ccccc1N. The van der Waals surface area contributed by atoms with Gasteiger partial charge in [0.15, 0.2) is 0 Å². The highest BCUT2D eigenvalue weighted by Gasteiger charge is 2.07. The van der Waals surface area contributed by atoms with Gasteiger partial charge in [0, 0.05) is 16.8 Å². The normalized spacial score (nSPS) is 11.2. The first-order valence-corrected chi connectivity index (χ1v) is 5.46. The summed E-state index contributed by atoms with van der Waals surface area (Å²) in [6, 6.07) is 17.8. The highest BCUT2D eigenvalue weighted by molar-refractivity contribution is 5.84. The van der Waals surface area contributed by atoms with Crippen molar-refractivity contribution in [3.05, 3.63) is 72.0 Å². The fraction of sp³-hybridized carbons (Fsp3) is 0.0667. The molecule has 0 unspecified atom stereocenters. The molecule has 0 aliphatic heterocycles. The van der Waals surface area contributed by atoms with Crippen LogP contribution in [0.3, 0.4) is 0 Å². The fourth-order valence-corrected chi connectivity index (χ4v) is 1.76. The van der Waals surface area contributed by atoms with Gasteiger partial charge in [0.05, 0.1) is 13.4 Å². The van der Waals surface area contributed by atoms with Gasteiger partial charge in [0.25, 0.3) is 0 Å². The average Bonchev–Trinajstić information content (AvgIpc) is 2.38. The molecule has 0 aliphatic carbocycles. The lowest BCUT2D eigenvalue weighted by atomic mass is 9.98. The lowest BCUT2D eigenvalue weighted by Crippen LogP contribution is -1.95. The summed E-state index contributed by atoms with van der Waals surface area (Å²) in [7, 11) is 1.64. The first kappa shape index (κ1) is 11.3. The number of ether oxygens (including phenoxy) is 1. The number of hydrogen-bond acceptors (Lipinski definition) is 2. The van der Waals surface area contributed by atoms with Crippen LogP contribution in [0.15, 0.2) is 60.9 Å². The van der Waals surface area contributed by atoms with E-state index in [2.05, 4.69) is 0 Å². The summed E-state index contributed by atoms with van der Waals surface area (Å²) in [6.45, 7) is 0. The molecule has 2 N–H and O–H groups in total. The van der Waals surface area contributed by atoms with Gasteiger partial charge in [-0.3, -0.25) is 0 Å². The zero-order valence-corrected chi connectivity index (χ0v) is 9.76. The molecule has 0 bridgehead atoms. The van der Waals surface area contributed by atoms with Crippen molar-refractivity contribution in [3.8, 4) is 0 Å². The van der Waals surface area contributed by atoms with Crippen LogP contribution >= 0.6 is 0 Å². The maximum atomic E-state index is 5.99. The molecule has 0 saturated carbocycles. The second-order valence-corrected chi connectivity index (χ2v) is 3.72. The Balaban J connectivity index is 2.52. The van der Waals surface area contributed by atoms with E-state index in [-0.39, 0.29) is 0 Å². The van der Waals surface area contributed by atoms with Gasteiger partial charge in [0.1, 0.15) is 0 Å². The summed E-state index contributed by atoms with van der Waals surface area (Å²) in [5, 5.41) is 0. The van der Waals surface area contributed by atoms with E-state index in [0.717, 1.165) is 22.4 Å². The number of benzene rings is 2. The third kappa shape index (κ3) is 2.48. The second kappa shape index (κ2) is 5.21. The topological polar surface area (TPSA) is 35.2 Å². The Morgan fingerprint density at radius 2 is 1.65 bits per heavy atom. The Labute approximate surface area is 101 Å². The molecule has 2 nitrogen and oxygen atoms in total. The molecule has 2 rings (SSSR count). The molecular weight excluding hydrogens is 210 g/mol. The smallest absolute Gasteiger partial charge is 0.0909 e. The van der Waals surface area contributed by atoms with Crippen LogP contribution in [0.4, 0.5) is 5.69 Å². The van der Waals surface area contributed by atoms with E-state index in [4.69, 9.17) is 10.5 Å². The zero-order chi connectivity index (χ0) is 12.1. The number of hydrogen-bond donors (Lipinski definition) is 1. The summed E-state index contributed by atoms with van der Waals surface area (Å²) in [5.74, 6) is 0. The number of anilines is 1. The van der Waals surface area contributed by atoms with E-state index >= 15 is 0 Å². The number of nitrogens with two attached hydrogens (primary N) is 1.